The highest BCUT2D eigenvalue weighted by Crippen LogP contribution is 2.45. The van der Waals surface area contributed by atoms with Crippen molar-refractivity contribution in [2.24, 2.45) is 5.41 Å². The molecule has 1 heteroatoms. The van der Waals surface area contributed by atoms with Crippen LogP contribution in [0.25, 0.3) is 0 Å². The molecule has 0 radical (unpaired) electrons. The molecule has 1 heterocycles. The minimum atomic E-state index is 0.509. The smallest absolute Gasteiger partial charge is 0.0325 e. The molecule has 0 amide bonds. The van der Waals surface area contributed by atoms with E-state index in [0.717, 1.165) is 0 Å². The summed E-state index contributed by atoms with van der Waals surface area (Å²) < 4.78 is 0. The van der Waals surface area contributed by atoms with Crippen molar-refractivity contribution in [1.82, 2.24) is 4.90 Å². The molecule has 0 N–H and O–H groups in total. The van der Waals surface area contributed by atoms with Crippen molar-refractivity contribution in [3.8, 4) is 0 Å². The monoisotopic (exact) mass is 205 g/mol. The Hall–Kier alpha value is -0.720. The van der Waals surface area contributed by atoms with E-state index < -0.39 is 0 Å². The lowest BCUT2D eigenvalue weighted by molar-refractivity contribution is 0.255. The van der Waals surface area contributed by atoms with Gasteiger partial charge in [0.25, 0.3) is 0 Å². The van der Waals surface area contributed by atoms with Crippen LogP contribution in [0.1, 0.15) is 46.5 Å². The fourth-order valence-corrected chi connectivity index (χ4v) is 2.93. The van der Waals surface area contributed by atoms with Crippen LogP contribution in [0.2, 0.25) is 0 Å². The van der Waals surface area contributed by atoms with Crippen LogP contribution >= 0.6 is 0 Å². The van der Waals surface area contributed by atoms with E-state index in [1.165, 1.54) is 31.4 Å². The molecule has 0 aromatic rings. The zero-order valence-corrected chi connectivity index (χ0v) is 10.6. The summed E-state index contributed by atoms with van der Waals surface area (Å²) in [5.41, 5.74) is 5.03. The highest BCUT2D eigenvalue weighted by molar-refractivity contribution is 5.38. The molecule has 0 bridgehead atoms. The second-order valence-corrected chi connectivity index (χ2v) is 6.03. The summed E-state index contributed by atoms with van der Waals surface area (Å²) in [6, 6.07) is 0.630. The first-order valence-electron chi connectivity index (χ1n) is 6.04. The quantitative estimate of drug-likeness (QED) is 0.582. The van der Waals surface area contributed by atoms with Crippen LogP contribution in [0, 0.1) is 5.41 Å². The van der Waals surface area contributed by atoms with Crippen molar-refractivity contribution in [2.75, 3.05) is 7.05 Å². The van der Waals surface area contributed by atoms with Gasteiger partial charge in [-0.05, 0) is 43.6 Å². The molecule has 2 aliphatic rings. The van der Waals surface area contributed by atoms with Gasteiger partial charge in [0.1, 0.15) is 0 Å². The SMILES string of the molecule is C=C1C2=C(CC(C)N1C)CC(C)(C)CC2. The van der Waals surface area contributed by atoms with Gasteiger partial charge in [-0.1, -0.05) is 26.0 Å². The average Bonchev–Trinajstić information content (AvgIpc) is 2.12. The molecule has 2 rings (SSSR count). The third-order valence-electron chi connectivity index (χ3n) is 4.15. The lowest BCUT2D eigenvalue weighted by Crippen LogP contribution is -2.36. The Morgan fingerprint density at radius 1 is 1.40 bits per heavy atom. The summed E-state index contributed by atoms with van der Waals surface area (Å²) in [5.74, 6) is 0. The molecule has 1 aliphatic heterocycles. The van der Waals surface area contributed by atoms with Crippen LogP contribution < -0.4 is 0 Å². The Morgan fingerprint density at radius 2 is 2.07 bits per heavy atom. The molecule has 0 saturated heterocycles. The van der Waals surface area contributed by atoms with Crippen LogP contribution in [-0.2, 0) is 0 Å². The molecule has 0 aromatic carbocycles. The molecule has 15 heavy (non-hydrogen) atoms. The van der Waals surface area contributed by atoms with Gasteiger partial charge in [0.15, 0.2) is 0 Å². The maximum absolute atomic E-state index is 4.25. The van der Waals surface area contributed by atoms with Crippen molar-refractivity contribution >= 4 is 0 Å². The largest absolute Gasteiger partial charge is 0.372 e. The fraction of sp³-hybridized carbons (Fsp3) is 0.714. The van der Waals surface area contributed by atoms with Gasteiger partial charge in [-0.25, -0.2) is 0 Å². The van der Waals surface area contributed by atoms with Gasteiger partial charge >= 0.3 is 0 Å². The van der Waals surface area contributed by atoms with Crippen LogP contribution in [-0.4, -0.2) is 18.0 Å². The second kappa shape index (κ2) is 3.40. The lowest BCUT2D eigenvalue weighted by atomic mass is 9.71. The summed E-state index contributed by atoms with van der Waals surface area (Å²) in [4.78, 5) is 2.34. The first kappa shape index (κ1) is 10.8. The van der Waals surface area contributed by atoms with E-state index in [0.29, 0.717) is 11.5 Å². The fourth-order valence-electron chi connectivity index (χ4n) is 2.93. The lowest BCUT2D eigenvalue weighted by Gasteiger charge is -2.43. The van der Waals surface area contributed by atoms with Gasteiger partial charge in [0.05, 0.1) is 0 Å². The topological polar surface area (TPSA) is 3.24 Å². The highest BCUT2D eigenvalue weighted by atomic mass is 15.1. The third kappa shape index (κ3) is 1.84. The number of rotatable bonds is 0. The summed E-state index contributed by atoms with van der Waals surface area (Å²) in [6.45, 7) is 11.3. The maximum atomic E-state index is 4.25. The summed E-state index contributed by atoms with van der Waals surface area (Å²) in [7, 11) is 2.18. The number of allylic oxidation sites excluding steroid dienone is 1. The Morgan fingerprint density at radius 3 is 2.73 bits per heavy atom. The number of nitrogens with zero attached hydrogens (tertiary/aromatic N) is 1. The van der Waals surface area contributed by atoms with Gasteiger partial charge in [0.2, 0.25) is 0 Å². The molecular formula is C14H23N. The van der Waals surface area contributed by atoms with Crippen LogP contribution in [0.15, 0.2) is 23.4 Å². The van der Waals surface area contributed by atoms with Crippen LogP contribution in [0.3, 0.4) is 0 Å². The van der Waals surface area contributed by atoms with Crippen molar-refractivity contribution in [3.63, 3.8) is 0 Å². The summed E-state index contributed by atoms with van der Waals surface area (Å²) in [5, 5.41) is 0. The van der Waals surface area contributed by atoms with Crippen LogP contribution in [0.5, 0.6) is 0 Å². The van der Waals surface area contributed by atoms with E-state index in [1.54, 1.807) is 11.1 Å². The maximum Gasteiger partial charge on any atom is 0.0325 e. The van der Waals surface area contributed by atoms with Gasteiger partial charge in [-0.2, -0.15) is 0 Å². The average molecular weight is 205 g/mol. The highest BCUT2D eigenvalue weighted by Gasteiger charge is 2.33. The molecular weight excluding hydrogens is 182 g/mol. The Labute approximate surface area is 93.9 Å². The molecule has 84 valence electrons. The Bertz CT molecular complexity index is 322. The molecule has 1 atom stereocenters. The van der Waals surface area contributed by atoms with Crippen molar-refractivity contribution in [1.29, 1.82) is 0 Å². The summed E-state index contributed by atoms with van der Waals surface area (Å²) >= 11 is 0. The van der Waals surface area contributed by atoms with Gasteiger partial charge in [-0.15, -0.1) is 0 Å². The second-order valence-electron chi connectivity index (χ2n) is 6.03. The minimum Gasteiger partial charge on any atom is -0.372 e. The first-order valence-corrected chi connectivity index (χ1v) is 6.04. The normalized spacial score (nSPS) is 30.5. The van der Waals surface area contributed by atoms with Gasteiger partial charge < -0.3 is 4.90 Å². The Kier molecular flexibility index (Phi) is 2.44. The first-order chi connectivity index (χ1) is 6.91. The van der Waals surface area contributed by atoms with E-state index in [-0.39, 0.29) is 0 Å². The predicted molar refractivity (Wildman–Crippen MR) is 65.6 cm³/mol. The predicted octanol–water partition coefficient (Wildman–Crippen LogP) is 3.73. The zero-order chi connectivity index (χ0) is 11.2. The standard InChI is InChI=1S/C14H23N/c1-10-8-12-9-14(3,4)7-6-13(12)11(2)15(10)5/h10H,2,6-9H2,1,3-5H3. The van der Waals surface area contributed by atoms with Crippen LogP contribution in [0.4, 0.5) is 0 Å². The van der Waals surface area contributed by atoms with E-state index >= 15 is 0 Å². The molecule has 1 nitrogen and oxygen atoms in total. The molecule has 0 aromatic heterocycles. The number of likely N-dealkylation sites (N-methyl/N-ethyl adjacent to an activating group) is 1. The molecule has 1 unspecified atom stereocenters. The molecule has 0 fully saturated rings. The minimum absolute atomic E-state index is 0.509. The van der Waals surface area contributed by atoms with Crippen molar-refractivity contribution in [3.05, 3.63) is 23.4 Å². The van der Waals surface area contributed by atoms with E-state index in [4.69, 9.17) is 0 Å². The molecule has 0 spiro atoms. The summed E-state index contributed by atoms with van der Waals surface area (Å²) in [6.07, 6.45) is 5.07. The number of hydrogen-bond donors (Lipinski definition) is 0. The van der Waals surface area contributed by atoms with E-state index in [2.05, 4.69) is 39.3 Å². The van der Waals surface area contributed by atoms with E-state index in [9.17, 15) is 0 Å². The molecule has 1 aliphatic carbocycles. The molecule has 0 saturated carbocycles. The Balaban J connectivity index is 2.31. The van der Waals surface area contributed by atoms with E-state index in [1.807, 2.05) is 0 Å². The van der Waals surface area contributed by atoms with Gasteiger partial charge in [-0.3, -0.25) is 0 Å². The van der Waals surface area contributed by atoms with Crippen molar-refractivity contribution < 1.29 is 0 Å². The van der Waals surface area contributed by atoms with Gasteiger partial charge in [0, 0.05) is 18.8 Å². The number of hydrogen-bond acceptors (Lipinski definition) is 1. The zero-order valence-electron chi connectivity index (χ0n) is 10.6. The van der Waals surface area contributed by atoms with Crippen molar-refractivity contribution in [2.45, 2.75) is 52.5 Å². The third-order valence-corrected chi connectivity index (χ3v) is 4.15.